The number of carbonyl (C=O) groups excluding carboxylic acids is 1. The van der Waals surface area contributed by atoms with Crippen LogP contribution in [0.4, 0.5) is 5.82 Å². The summed E-state index contributed by atoms with van der Waals surface area (Å²) in [6.07, 6.45) is 2.34. The predicted octanol–water partition coefficient (Wildman–Crippen LogP) is 5.06. The van der Waals surface area contributed by atoms with Gasteiger partial charge in [-0.15, -0.1) is 23.1 Å². The van der Waals surface area contributed by atoms with E-state index in [1.54, 1.807) is 11.8 Å². The number of thiophene rings is 1. The highest BCUT2D eigenvalue weighted by Gasteiger charge is 2.22. The van der Waals surface area contributed by atoms with Crippen LogP contribution in [-0.4, -0.2) is 41.8 Å². The van der Waals surface area contributed by atoms with Crippen molar-refractivity contribution in [2.75, 3.05) is 25.1 Å². The highest BCUT2D eigenvalue weighted by atomic mass is 32.2. The fraction of sp³-hybridized carbons (Fsp3) is 0.409. The minimum atomic E-state index is -0.303. The zero-order valence-corrected chi connectivity index (χ0v) is 18.8. The Morgan fingerprint density at radius 1 is 1.33 bits per heavy atom. The van der Waals surface area contributed by atoms with Crippen LogP contribution in [0.1, 0.15) is 40.8 Å². The van der Waals surface area contributed by atoms with Gasteiger partial charge < -0.3 is 14.8 Å². The number of anilines is 1. The third-order valence-corrected chi connectivity index (χ3v) is 7.10. The molecule has 3 aromatic rings. The molecule has 1 aliphatic rings. The van der Waals surface area contributed by atoms with Crippen LogP contribution >= 0.6 is 23.1 Å². The van der Waals surface area contributed by atoms with Crippen molar-refractivity contribution in [3.05, 3.63) is 46.6 Å². The van der Waals surface area contributed by atoms with Crippen molar-refractivity contribution in [3.63, 3.8) is 0 Å². The third kappa shape index (κ3) is 4.77. The quantitative estimate of drug-likeness (QED) is 0.385. The van der Waals surface area contributed by atoms with Crippen molar-refractivity contribution in [1.82, 2.24) is 9.97 Å². The maximum absolute atomic E-state index is 12.4. The monoisotopic (exact) mass is 443 g/mol. The number of ether oxygens (including phenoxy) is 2. The molecule has 4 rings (SSSR count). The van der Waals surface area contributed by atoms with E-state index in [1.165, 1.54) is 16.2 Å². The Morgan fingerprint density at radius 2 is 2.17 bits per heavy atom. The van der Waals surface area contributed by atoms with Gasteiger partial charge >= 0.3 is 5.97 Å². The molecule has 1 atom stereocenters. The topological polar surface area (TPSA) is 73.3 Å². The first kappa shape index (κ1) is 21.1. The molecule has 0 unspecified atom stereocenters. The summed E-state index contributed by atoms with van der Waals surface area (Å²) in [5.41, 5.74) is 0.866. The molecule has 30 heavy (non-hydrogen) atoms. The van der Waals surface area contributed by atoms with Gasteiger partial charge in [-0.1, -0.05) is 18.2 Å². The predicted molar refractivity (Wildman–Crippen MR) is 122 cm³/mol. The molecule has 158 valence electrons. The van der Waals surface area contributed by atoms with Crippen LogP contribution in [0.2, 0.25) is 0 Å². The van der Waals surface area contributed by atoms with E-state index in [1.807, 2.05) is 32.0 Å². The van der Waals surface area contributed by atoms with Crippen LogP contribution in [-0.2, 0) is 15.2 Å². The van der Waals surface area contributed by atoms with Gasteiger partial charge in [-0.2, -0.15) is 0 Å². The van der Waals surface area contributed by atoms with E-state index in [0.29, 0.717) is 23.8 Å². The molecule has 0 bridgehead atoms. The molecule has 0 aliphatic carbocycles. The van der Waals surface area contributed by atoms with Gasteiger partial charge in [0.1, 0.15) is 21.3 Å². The average molecular weight is 444 g/mol. The summed E-state index contributed by atoms with van der Waals surface area (Å²) in [6, 6.07) is 10.2. The van der Waals surface area contributed by atoms with Crippen LogP contribution in [0.25, 0.3) is 10.2 Å². The van der Waals surface area contributed by atoms with Crippen molar-refractivity contribution >= 4 is 45.1 Å². The second-order valence-corrected chi connectivity index (χ2v) is 9.11. The summed E-state index contributed by atoms with van der Waals surface area (Å²) in [5, 5.41) is 4.36. The lowest BCUT2D eigenvalue weighted by molar-refractivity contribution is 0.0531. The van der Waals surface area contributed by atoms with E-state index in [2.05, 4.69) is 17.4 Å². The highest BCUT2D eigenvalue weighted by molar-refractivity contribution is 7.98. The van der Waals surface area contributed by atoms with E-state index in [9.17, 15) is 4.79 Å². The van der Waals surface area contributed by atoms with Crippen molar-refractivity contribution < 1.29 is 14.3 Å². The fourth-order valence-corrected chi connectivity index (χ4v) is 5.32. The number of aromatic nitrogens is 2. The lowest BCUT2D eigenvalue weighted by Gasteiger charge is -2.13. The van der Waals surface area contributed by atoms with Gasteiger partial charge in [0.05, 0.1) is 23.8 Å². The lowest BCUT2D eigenvalue weighted by Crippen LogP contribution is -2.19. The number of benzene rings is 1. The summed E-state index contributed by atoms with van der Waals surface area (Å²) in [4.78, 5) is 24.6. The number of nitrogens with zero attached hydrogens (tertiary/aromatic N) is 2. The molecular weight excluding hydrogens is 418 g/mol. The number of hydrogen-bond acceptors (Lipinski definition) is 8. The minimum Gasteiger partial charge on any atom is -0.462 e. The first-order chi connectivity index (χ1) is 14.7. The summed E-state index contributed by atoms with van der Waals surface area (Å²) < 4.78 is 11.0. The van der Waals surface area contributed by atoms with Gasteiger partial charge in [0.2, 0.25) is 0 Å². The number of hydrogen-bond donors (Lipinski definition) is 1. The van der Waals surface area contributed by atoms with Crippen LogP contribution in [0.3, 0.4) is 0 Å². The minimum absolute atomic E-state index is 0.195. The molecule has 1 N–H and O–H groups in total. The molecule has 1 aromatic carbocycles. The van der Waals surface area contributed by atoms with Crippen molar-refractivity contribution in [2.24, 2.45) is 0 Å². The zero-order chi connectivity index (χ0) is 20.9. The standard InChI is InChI=1S/C22H25N3O3S2/c1-3-27-22(26)19-14(2)18-20(23-12-15-8-7-11-28-15)24-17(25-21(18)30-19)13-29-16-9-5-4-6-10-16/h4-6,9-10,15H,3,7-8,11-13H2,1-2H3,(H,23,24,25)/t15-/m1/s1. The third-order valence-electron chi connectivity index (χ3n) is 4.93. The van der Waals surface area contributed by atoms with Crippen LogP contribution < -0.4 is 5.32 Å². The van der Waals surface area contributed by atoms with Gasteiger partial charge in [-0.05, 0) is 44.4 Å². The molecule has 0 radical (unpaired) electrons. The fourth-order valence-electron chi connectivity index (χ4n) is 3.45. The summed E-state index contributed by atoms with van der Waals surface area (Å²) in [5.74, 6) is 1.86. The van der Waals surface area contributed by atoms with E-state index in [4.69, 9.17) is 19.4 Å². The smallest absolute Gasteiger partial charge is 0.348 e. The number of carbonyl (C=O) groups is 1. The molecule has 0 amide bonds. The van der Waals surface area contributed by atoms with Gasteiger partial charge in [0.25, 0.3) is 0 Å². The number of esters is 1. The van der Waals surface area contributed by atoms with Gasteiger partial charge in [0, 0.05) is 18.0 Å². The Balaban J connectivity index is 1.65. The maximum atomic E-state index is 12.4. The lowest BCUT2D eigenvalue weighted by atomic mass is 10.2. The first-order valence-corrected chi connectivity index (χ1v) is 12.0. The Morgan fingerprint density at radius 3 is 2.90 bits per heavy atom. The second-order valence-electron chi connectivity index (χ2n) is 7.06. The van der Waals surface area contributed by atoms with E-state index < -0.39 is 0 Å². The number of nitrogens with one attached hydrogen (secondary N) is 1. The molecule has 1 fully saturated rings. The Bertz CT molecular complexity index is 1020. The molecule has 0 saturated carbocycles. The molecule has 1 aliphatic heterocycles. The average Bonchev–Trinajstić information content (AvgIpc) is 3.39. The normalized spacial score (nSPS) is 16.1. The Hall–Kier alpha value is -2.16. The second kappa shape index (κ2) is 9.76. The van der Waals surface area contributed by atoms with E-state index in [-0.39, 0.29) is 12.1 Å². The van der Waals surface area contributed by atoms with Crippen LogP contribution in [0, 0.1) is 6.92 Å². The maximum Gasteiger partial charge on any atom is 0.348 e. The van der Waals surface area contributed by atoms with Crippen LogP contribution in [0.15, 0.2) is 35.2 Å². The largest absolute Gasteiger partial charge is 0.462 e. The Kier molecular flexibility index (Phi) is 6.86. The molecule has 3 heterocycles. The van der Waals surface area contributed by atoms with Crippen molar-refractivity contribution in [1.29, 1.82) is 0 Å². The van der Waals surface area contributed by atoms with Crippen molar-refractivity contribution in [3.8, 4) is 0 Å². The number of thioether (sulfide) groups is 1. The summed E-state index contributed by atoms with van der Waals surface area (Å²) in [7, 11) is 0. The van der Waals surface area contributed by atoms with E-state index >= 15 is 0 Å². The summed E-state index contributed by atoms with van der Waals surface area (Å²) in [6.45, 7) is 5.61. The first-order valence-electron chi connectivity index (χ1n) is 10.2. The van der Waals surface area contributed by atoms with E-state index in [0.717, 1.165) is 46.9 Å². The number of aryl methyl sites for hydroxylation is 1. The van der Waals surface area contributed by atoms with Gasteiger partial charge in [-0.25, -0.2) is 14.8 Å². The molecule has 0 spiro atoms. The number of rotatable bonds is 8. The zero-order valence-electron chi connectivity index (χ0n) is 17.1. The molecule has 2 aromatic heterocycles. The number of fused-ring (bicyclic) bond motifs is 1. The van der Waals surface area contributed by atoms with Crippen LogP contribution in [0.5, 0.6) is 0 Å². The molecular formula is C22H25N3O3S2. The van der Waals surface area contributed by atoms with Gasteiger partial charge in [0.15, 0.2) is 0 Å². The highest BCUT2D eigenvalue weighted by Crippen LogP contribution is 2.35. The summed E-state index contributed by atoms with van der Waals surface area (Å²) >= 11 is 3.07. The SMILES string of the molecule is CCOC(=O)c1sc2nc(CSc3ccccc3)nc(NC[C@H]3CCCO3)c2c1C. The molecule has 8 heteroatoms. The van der Waals surface area contributed by atoms with Gasteiger partial charge in [-0.3, -0.25) is 0 Å². The molecule has 1 saturated heterocycles. The Labute approximate surface area is 184 Å². The molecule has 6 nitrogen and oxygen atoms in total. The van der Waals surface area contributed by atoms with Crippen molar-refractivity contribution in [2.45, 2.75) is 43.4 Å².